The molecule has 0 N–H and O–H groups in total. The highest BCUT2D eigenvalue weighted by Gasteiger charge is 2.40. The van der Waals surface area contributed by atoms with Crippen LogP contribution in [0.15, 0.2) is 23.3 Å². The van der Waals surface area contributed by atoms with Crippen LogP contribution < -0.4 is 9.64 Å². The molecule has 0 saturated heterocycles. The Kier molecular flexibility index (Phi) is 4.95. The molecule has 2 amide bonds. The van der Waals surface area contributed by atoms with Crippen LogP contribution in [0.1, 0.15) is 51.9 Å². The quantitative estimate of drug-likeness (QED) is 0.529. The minimum atomic E-state index is -0.592. The molecule has 0 unspecified atom stereocenters. The van der Waals surface area contributed by atoms with Gasteiger partial charge in [0.1, 0.15) is 5.82 Å². The Labute approximate surface area is 160 Å². The Morgan fingerprint density at radius 2 is 1.85 bits per heavy atom. The summed E-state index contributed by atoms with van der Waals surface area (Å²) < 4.78 is 21.0. The van der Waals surface area contributed by atoms with Gasteiger partial charge in [0.15, 0.2) is 0 Å². The fourth-order valence-electron chi connectivity index (χ4n) is 3.62. The van der Waals surface area contributed by atoms with E-state index in [0.29, 0.717) is 46.0 Å². The van der Waals surface area contributed by atoms with Crippen LogP contribution in [0.2, 0.25) is 0 Å². The summed E-state index contributed by atoms with van der Waals surface area (Å²) in [5.74, 6) is -1.37. The summed E-state index contributed by atoms with van der Waals surface area (Å²) in [5, 5.41) is 0.481. The molecule has 0 atom stereocenters. The SMILES string of the molecule is CCCCCOc1nc2cc(N3C(=O)C4=C(CCCC4)C3=O)c(F)cc2s1. The second-order valence-electron chi connectivity index (χ2n) is 6.92. The zero-order valence-electron chi connectivity index (χ0n) is 15.2. The third kappa shape index (κ3) is 3.25. The van der Waals surface area contributed by atoms with E-state index in [2.05, 4.69) is 11.9 Å². The van der Waals surface area contributed by atoms with Gasteiger partial charge in [0.05, 0.1) is 22.5 Å². The number of hydrogen-bond donors (Lipinski definition) is 0. The molecular weight excluding hydrogens is 367 g/mol. The summed E-state index contributed by atoms with van der Waals surface area (Å²) in [7, 11) is 0. The van der Waals surface area contributed by atoms with Crippen molar-refractivity contribution in [2.24, 2.45) is 0 Å². The van der Waals surface area contributed by atoms with Crippen LogP contribution in [0.4, 0.5) is 10.1 Å². The van der Waals surface area contributed by atoms with Gasteiger partial charge in [0.2, 0.25) is 0 Å². The van der Waals surface area contributed by atoms with Crippen molar-refractivity contribution >= 4 is 39.1 Å². The topological polar surface area (TPSA) is 59.5 Å². The molecule has 27 heavy (non-hydrogen) atoms. The average molecular weight is 388 g/mol. The van der Waals surface area contributed by atoms with Gasteiger partial charge in [-0.15, -0.1) is 0 Å². The molecule has 2 aromatic rings. The van der Waals surface area contributed by atoms with Gasteiger partial charge in [0.25, 0.3) is 17.0 Å². The number of carbonyl (C=O) groups excluding carboxylic acids is 2. The number of imide groups is 1. The summed E-state index contributed by atoms with van der Waals surface area (Å²) in [6, 6.07) is 2.81. The number of hydrogen-bond acceptors (Lipinski definition) is 5. The molecule has 0 spiro atoms. The normalized spacial score (nSPS) is 17.2. The minimum Gasteiger partial charge on any atom is -0.470 e. The van der Waals surface area contributed by atoms with Crippen LogP contribution in [0.25, 0.3) is 10.2 Å². The van der Waals surface area contributed by atoms with Gasteiger partial charge < -0.3 is 4.74 Å². The second-order valence-corrected chi connectivity index (χ2v) is 7.91. The van der Waals surface area contributed by atoms with Gasteiger partial charge in [-0.25, -0.2) is 14.3 Å². The highest BCUT2D eigenvalue weighted by molar-refractivity contribution is 7.20. The van der Waals surface area contributed by atoms with Crippen LogP contribution in [0.3, 0.4) is 0 Å². The third-order valence-corrected chi connectivity index (χ3v) is 5.97. The first-order chi connectivity index (χ1) is 13.1. The van der Waals surface area contributed by atoms with E-state index in [1.54, 1.807) is 0 Å². The molecule has 0 bridgehead atoms. The lowest BCUT2D eigenvalue weighted by Gasteiger charge is -2.15. The van der Waals surface area contributed by atoms with E-state index in [1.165, 1.54) is 23.5 Å². The standard InChI is InChI=1S/C20H21FN2O3S/c1-2-3-6-9-26-20-22-15-11-16(14(21)10-17(15)27-20)23-18(24)12-7-4-5-8-13(12)19(23)25/h10-11H,2-9H2,1H3. The van der Waals surface area contributed by atoms with E-state index in [4.69, 9.17) is 4.74 Å². The number of aromatic nitrogens is 1. The fourth-order valence-corrected chi connectivity index (χ4v) is 4.47. The molecule has 7 heteroatoms. The summed E-state index contributed by atoms with van der Waals surface area (Å²) in [6.45, 7) is 2.69. The van der Waals surface area contributed by atoms with Crippen LogP contribution >= 0.6 is 11.3 Å². The molecule has 1 aromatic heterocycles. The van der Waals surface area contributed by atoms with Gasteiger partial charge >= 0.3 is 0 Å². The van der Waals surface area contributed by atoms with E-state index < -0.39 is 5.82 Å². The zero-order valence-corrected chi connectivity index (χ0v) is 16.0. The van der Waals surface area contributed by atoms with Crippen molar-refractivity contribution in [3.63, 3.8) is 0 Å². The van der Waals surface area contributed by atoms with Crippen LogP contribution in [0.5, 0.6) is 5.19 Å². The van der Waals surface area contributed by atoms with Crippen molar-refractivity contribution in [2.45, 2.75) is 51.9 Å². The number of carbonyl (C=O) groups is 2. The lowest BCUT2D eigenvalue weighted by molar-refractivity contribution is -0.120. The summed E-state index contributed by atoms with van der Waals surface area (Å²) in [4.78, 5) is 30.7. The predicted octanol–water partition coefficient (Wildman–Crippen LogP) is 4.75. The van der Waals surface area contributed by atoms with Gasteiger partial charge in [-0.1, -0.05) is 31.1 Å². The largest absolute Gasteiger partial charge is 0.470 e. The maximum absolute atomic E-state index is 14.7. The van der Waals surface area contributed by atoms with Gasteiger partial charge in [-0.2, -0.15) is 0 Å². The molecule has 1 aliphatic heterocycles. The summed E-state index contributed by atoms with van der Waals surface area (Å²) in [5.41, 5.74) is 1.61. The van der Waals surface area contributed by atoms with Crippen molar-refractivity contribution in [1.82, 2.24) is 4.98 Å². The Balaban J connectivity index is 1.62. The monoisotopic (exact) mass is 388 g/mol. The number of benzene rings is 1. The van der Waals surface area contributed by atoms with E-state index in [0.717, 1.165) is 37.0 Å². The number of fused-ring (bicyclic) bond motifs is 1. The van der Waals surface area contributed by atoms with Crippen LogP contribution in [-0.2, 0) is 9.59 Å². The Morgan fingerprint density at radius 3 is 2.52 bits per heavy atom. The number of halogens is 1. The molecule has 0 radical (unpaired) electrons. The summed E-state index contributed by atoms with van der Waals surface area (Å²) >= 11 is 1.27. The smallest absolute Gasteiger partial charge is 0.274 e. The van der Waals surface area contributed by atoms with Crippen molar-refractivity contribution < 1.29 is 18.7 Å². The molecule has 2 heterocycles. The van der Waals surface area contributed by atoms with Crippen molar-refractivity contribution in [3.05, 3.63) is 29.1 Å². The number of unbranched alkanes of at least 4 members (excludes halogenated alkanes) is 2. The van der Waals surface area contributed by atoms with Crippen molar-refractivity contribution in [1.29, 1.82) is 0 Å². The molecule has 4 rings (SSSR count). The maximum Gasteiger partial charge on any atom is 0.274 e. The fraction of sp³-hybridized carbons (Fsp3) is 0.450. The highest BCUT2D eigenvalue weighted by atomic mass is 32.1. The average Bonchev–Trinajstić information content (AvgIpc) is 3.17. The first-order valence-corrected chi connectivity index (χ1v) is 10.3. The van der Waals surface area contributed by atoms with E-state index in [1.807, 2.05) is 0 Å². The minimum absolute atomic E-state index is 0.0188. The molecule has 0 fully saturated rings. The Bertz CT molecular complexity index is 922. The Hall–Kier alpha value is -2.28. The number of anilines is 1. The van der Waals surface area contributed by atoms with Crippen molar-refractivity contribution in [2.75, 3.05) is 11.5 Å². The number of thiazole rings is 1. The van der Waals surface area contributed by atoms with Gasteiger partial charge in [0, 0.05) is 11.1 Å². The van der Waals surface area contributed by atoms with Gasteiger partial charge in [-0.05, 0) is 44.2 Å². The van der Waals surface area contributed by atoms with Crippen molar-refractivity contribution in [3.8, 4) is 5.19 Å². The van der Waals surface area contributed by atoms with E-state index >= 15 is 0 Å². The molecule has 142 valence electrons. The van der Waals surface area contributed by atoms with Crippen LogP contribution in [-0.4, -0.2) is 23.4 Å². The lowest BCUT2D eigenvalue weighted by Crippen LogP contribution is -2.32. The zero-order chi connectivity index (χ0) is 19.0. The van der Waals surface area contributed by atoms with Gasteiger partial charge in [-0.3, -0.25) is 9.59 Å². The molecule has 1 aliphatic carbocycles. The van der Waals surface area contributed by atoms with E-state index in [9.17, 15) is 14.0 Å². The molecule has 2 aliphatic rings. The first kappa shape index (κ1) is 18.1. The summed E-state index contributed by atoms with van der Waals surface area (Å²) in [6.07, 6.45) is 6.09. The molecule has 1 aromatic carbocycles. The number of rotatable bonds is 6. The highest BCUT2D eigenvalue weighted by Crippen LogP contribution is 2.39. The predicted molar refractivity (Wildman–Crippen MR) is 103 cm³/mol. The Morgan fingerprint density at radius 1 is 1.15 bits per heavy atom. The maximum atomic E-state index is 14.7. The first-order valence-electron chi connectivity index (χ1n) is 9.44. The third-order valence-electron chi connectivity index (χ3n) is 5.04. The molecule has 0 saturated carbocycles. The molecular formula is C20H21FN2O3S. The number of nitrogens with zero attached hydrogens (tertiary/aromatic N) is 2. The lowest BCUT2D eigenvalue weighted by atomic mass is 9.93. The second kappa shape index (κ2) is 7.38. The number of ether oxygens (including phenoxy) is 1. The van der Waals surface area contributed by atoms with Crippen LogP contribution in [0, 0.1) is 5.82 Å². The molecule has 5 nitrogen and oxygen atoms in total. The van der Waals surface area contributed by atoms with E-state index in [-0.39, 0.29) is 17.5 Å². The number of amides is 2.